The normalized spacial score (nSPS) is 33.7. The van der Waals surface area contributed by atoms with E-state index < -0.39 is 4.92 Å². The van der Waals surface area contributed by atoms with Crippen LogP contribution in [-0.4, -0.2) is 4.92 Å². The lowest BCUT2D eigenvalue weighted by Crippen LogP contribution is -2.47. The maximum absolute atomic E-state index is 10.2. The van der Waals surface area contributed by atoms with Gasteiger partial charge in [0.15, 0.2) is 0 Å². The summed E-state index contributed by atoms with van der Waals surface area (Å²) < 4.78 is 0. The molecule has 0 amide bonds. The lowest BCUT2D eigenvalue weighted by atomic mass is 9.49. The van der Waals surface area contributed by atoms with E-state index in [1.165, 1.54) is 6.42 Å². The average molecular weight is 193 g/mol. The Morgan fingerprint density at radius 1 is 1.64 bits per heavy atom. The molecule has 2 bridgehead atoms. The van der Waals surface area contributed by atoms with Crippen molar-refractivity contribution in [3.8, 4) is 0 Å². The van der Waals surface area contributed by atoms with E-state index in [9.17, 15) is 10.1 Å². The number of allylic oxidation sites excluding steroid dienone is 3. The smallest absolute Gasteiger partial charge is 0.234 e. The van der Waals surface area contributed by atoms with E-state index >= 15 is 0 Å². The maximum atomic E-state index is 10.2. The summed E-state index contributed by atoms with van der Waals surface area (Å²) in [5.41, 5.74) is 1.51. The zero-order chi connectivity index (χ0) is 10.3. The van der Waals surface area contributed by atoms with Gasteiger partial charge in [-0.3, -0.25) is 10.1 Å². The minimum Gasteiger partial charge on any atom is -0.259 e. The van der Waals surface area contributed by atoms with Crippen molar-refractivity contribution in [1.29, 1.82) is 0 Å². The fourth-order valence-electron chi connectivity index (χ4n) is 2.73. The SMILES string of the molecule is CC1(C)C2CC=C(/C=C/[N+](=O)[O-])C1C2. The van der Waals surface area contributed by atoms with Crippen molar-refractivity contribution in [2.75, 3.05) is 0 Å². The molecule has 0 spiro atoms. The maximum Gasteiger partial charge on any atom is 0.234 e. The fraction of sp³-hybridized carbons (Fsp3) is 0.636. The molecule has 76 valence electrons. The van der Waals surface area contributed by atoms with Gasteiger partial charge in [0, 0.05) is 6.08 Å². The van der Waals surface area contributed by atoms with Gasteiger partial charge >= 0.3 is 0 Å². The first-order valence-corrected chi connectivity index (χ1v) is 5.03. The minimum atomic E-state index is -0.390. The van der Waals surface area contributed by atoms with E-state index in [4.69, 9.17) is 0 Å². The second-order valence-corrected chi connectivity index (χ2v) is 4.85. The summed E-state index contributed by atoms with van der Waals surface area (Å²) in [4.78, 5) is 9.82. The number of nitrogens with zero attached hydrogens (tertiary/aromatic N) is 1. The Hall–Kier alpha value is -1.12. The second-order valence-electron chi connectivity index (χ2n) is 4.85. The van der Waals surface area contributed by atoms with Crippen LogP contribution in [0.1, 0.15) is 26.7 Å². The van der Waals surface area contributed by atoms with Gasteiger partial charge in [-0.05, 0) is 35.7 Å². The molecule has 3 aliphatic rings. The van der Waals surface area contributed by atoms with Gasteiger partial charge in [-0.15, -0.1) is 0 Å². The van der Waals surface area contributed by atoms with Gasteiger partial charge in [-0.25, -0.2) is 0 Å². The quantitative estimate of drug-likeness (QED) is 0.500. The van der Waals surface area contributed by atoms with Crippen LogP contribution in [0.4, 0.5) is 0 Å². The highest BCUT2D eigenvalue weighted by Crippen LogP contribution is 2.59. The summed E-state index contributed by atoms with van der Waals surface area (Å²) in [5.74, 6) is 1.33. The molecule has 3 heteroatoms. The van der Waals surface area contributed by atoms with E-state index in [0.717, 1.165) is 24.1 Å². The van der Waals surface area contributed by atoms with Crippen LogP contribution in [0, 0.1) is 27.4 Å². The molecule has 3 nitrogen and oxygen atoms in total. The molecule has 0 aliphatic heterocycles. The van der Waals surface area contributed by atoms with Gasteiger partial charge < -0.3 is 0 Å². The Morgan fingerprint density at radius 2 is 2.36 bits per heavy atom. The van der Waals surface area contributed by atoms with Crippen molar-refractivity contribution >= 4 is 0 Å². The fourth-order valence-corrected chi connectivity index (χ4v) is 2.73. The largest absolute Gasteiger partial charge is 0.259 e. The topological polar surface area (TPSA) is 43.1 Å². The summed E-state index contributed by atoms with van der Waals surface area (Å²) >= 11 is 0. The Labute approximate surface area is 83.7 Å². The van der Waals surface area contributed by atoms with Crippen molar-refractivity contribution in [3.05, 3.63) is 34.0 Å². The third-order valence-electron chi connectivity index (χ3n) is 3.90. The number of nitro groups is 1. The number of hydrogen-bond donors (Lipinski definition) is 0. The minimum absolute atomic E-state index is 0.352. The monoisotopic (exact) mass is 193 g/mol. The first-order valence-electron chi connectivity index (χ1n) is 5.03. The van der Waals surface area contributed by atoms with Crippen LogP contribution in [0.15, 0.2) is 23.9 Å². The van der Waals surface area contributed by atoms with E-state index in [0.29, 0.717) is 11.3 Å². The molecular formula is C11H15NO2. The summed E-state index contributed by atoms with van der Waals surface area (Å²) in [6.07, 6.45) is 7.17. The first-order chi connectivity index (χ1) is 6.51. The van der Waals surface area contributed by atoms with Crippen molar-refractivity contribution < 1.29 is 4.92 Å². The molecule has 1 saturated carbocycles. The average Bonchev–Trinajstić information content (AvgIpc) is 2.14. The highest BCUT2D eigenvalue weighted by molar-refractivity contribution is 5.31. The molecule has 2 atom stereocenters. The highest BCUT2D eigenvalue weighted by atomic mass is 16.6. The van der Waals surface area contributed by atoms with Crippen LogP contribution in [0.3, 0.4) is 0 Å². The Morgan fingerprint density at radius 3 is 2.86 bits per heavy atom. The van der Waals surface area contributed by atoms with Crippen LogP contribution >= 0.6 is 0 Å². The molecule has 0 radical (unpaired) electrons. The summed E-state index contributed by atoms with van der Waals surface area (Å²) in [7, 11) is 0. The van der Waals surface area contributed by atoms with E-state index in [2.05, 4.69) is 19.9 Å². The summed E-state index contributed by atoms with van der Waals surface area (Å²) in [5, 5.41) is 10.2. The third kappa shape index (κ3) is 1.27. The van der Waals surface area contributed by atoms with Crippen LogP contribution in [0.5, 0.6) is 0 Å². The molecular weight excluding hydrogens is 178 g/mol. The van der Waals surface area contributed by atoms with Crippen molar-refractivity contribution in [2.45, 2.75) is 26.7 Å². The highest BCUT2D eigenvalue weighted by Gasteiger charge is 2.50. The molecule has 3 aliphatic carbocycles. The van der Waals surface area contributed by atoms with E-state index in [1.807, 2.05) is 0 Å². The van der Waals surface area contributed by atoms with Crippen molar-refractivity contribution in [2.24, 2.45) is 17.3 Å². The molecule has 0 saturated heterocycles. The Balaban J connectivity index is 2.15. The lowest BCUT2D eigenvalue weighted by molar-refractivity contribution is -0.402. The molecule has 1 fully saturated rings. The zero-order valence-electron chi connectivity index (χ0n) is 8.56. The number of rotatable bonds is 2. The van der Waals surface area contributed by atoms with Gasteiger partial charge in [0.1, 0.15) is 0 Å². The van der Waals surface area contributed by atoms with E-state index in [-0.39, 0.29) is 0 Å². The summed E-state index contributed by atoms with van der Waals surface area (Å²) in [6, 6.07) is 0. The van der Waals surface area contributed by atoms with E-state index in [1.54, 1.807) is 6.08 Å². The van der Waals surface area contributed by atoms with Gasteiger partial charge in [0.05, 0.1) is 4.92 Å². The molecule has 3 rings (SSSR count). The third-order valence-corrected chi connectivity index (χ3v) is 3.90. The van der Waals surface area contributed by atoms with Crippen LogP contribution in [0.25, 0.3) is 0 Å². The molecule has 14 heavy (non-hydrogen) atoms. The lowest BCUT2D eigenvalue weighted by Gasteiger charge is -2.55. The van der Waals surface area contributed by atoms with Crippen LogP contribution < -0.4 is 0 Å². The van der Waals surface area contributed by atoms with Gasteiger partial charge in [0.25, 0.3) is 0 Å². The zero-order valence-corrected chi connectivity index (χ0v) is 8.56. The first kappa shape index (κ1) is 9.44. The Bertz CT molecular complexity index is 328. The van der Waals surface area contributed by atoms with Crippen molar-refractivity contribution in [1.82, 2.24) is 0 Å². The number of hydrogen-bond acceptors (Lipinski definition) is 2. The predicted octanol–water partition coefficient (Wildman–Crippen LogP) is 2.77. The molecule has 0 aromatic heterocycles. The van der Waals surface area contributed by atoms with Gasteiger partial charge in [0.2, 0.25) is 6.20 Å². The van der Waals surface area contributed by atoms with Crippen molar-refractivity contribution in [3.63, 3.8) is 0 Å². The Kier molecular flexibility index (Phi) is 1.98. The molecule has 0 heterocycles. The molecule has 0 aromatic rings. The van der Waals surface area contributed by atoms with Gasteiger partial charge in [-0.1, -0.05) is 19.9 Å². The van der Waals surface area contributed by atoms with Crippen LogP contribution in [0.2, 0.25) is 0 Å². The molecule has 0 N–H and O–H groups in total. The second kappa shape index (κ2) is 2.94. The van der Waals surface area contributed by atoms with Gasteiger partial charge in [-0.2, -0.15) is 0 Å². The number of fused-ring (bicyclic) bond motifs is 1. The standard InChI is InChI=1S/C11H15NO2/c1-11(2)9-4-3-8(10(11)7-9)5-6-12(13)14/h3,5-6,9-10H,4,7H2,1-2H3/b6-5+. The summed E-state index contributed by atoms with van der Waals surface area (Å²) in [6.45, 7) is 4.53. The van der Waals surface area contributed by atoms with Crippen LogP contribution in [-0.2, 0) is 0 Å². The predicted molar refractivity (Wildman–Crippen MR) is 54.2 cm³/mol. The molecule has 2 unspecified atom stereocenters. The molecule has 0 aromatic carbocycles.